The summed E-state index contributed by atoms with van der Waals surface area (Å²) in [5.41, 5.74) is 1.72. The van der Waals surface area contributed by atoms with Gasteiger partial charge in [-0.05, 0) is 49.9 Å². The zero-order valence-electron chi connectivity index (χ0n) is 16.8. The normalized spacial score (nSPS) is 24.4. The molecule has 3 saturated heterocycles. The molecule has 1 aromatic rings. The molecular weight excluding hydrogens is 372 g/mol. The van der Waals surface area contributed by atoms with Crippen molar-refractivity contribution < 1.29 is 19.1 Å². The summed E-state index contributed by atoms with van der Waals surface area (Å²) in [5, 5.41) is 5.83. The maximum absolute atomic E-state index is 13.0. The molecule has 0 aromatic heterocycles. The minimum atomic E-state index is -0.124. The van der Waals surface area contributed by atoms with Gasteiger partial charge < -0.3 is 29.9 Å². The maximum Gasteiger partial charge on any atom is 0.322 e. The molecule has 0 bridgehead atoms. The summed E-state index contributed by atoms with van der Waals surface area (Å²) < 4.78 is 11.5. The summed E-state index contributed by atoms with van der Waals surface area (Å²) in [7, 11) is 0. The Hall–Kier alpha value is -2.32. The average molecular weight is 402 g/mol. The monoisotopic (exact) mass is 402 g/mol. The van der Waals surface area contributed by atoms with Crippen LogP contribution in [0.1, 0.15) is 25.7 Å². The van der Waals surface area contributed by atoms with Crippen molar-refractivity contribution in [2.45, 2.75) is 37.9 Å². The summed E-state index contributed by atoms with van der Waals surface area (Å²) in [6, 6.07) is 7.53. The van der Waals surface area contributed by atoms with Crippen LogP contribution in [0.5, 0.6) is 0 Å². The quantitative estimate of drug-likeness (QED) is 0.758. The number of benzene rings is 1. The van der Waals surface area contributed by atoms with Crippen molar-refractivity contribution in [2.24, 2.45) is 0 Å². The van der Waals surface area contributed by atoms with Gasteiger partial charge in [0.1, 0.15) is 0 Å². The number of carbonyl (C=O) groups excluding carboxylic acids is 2. The molecule has 3 fully saturated rings. The van der Waals surface area contributed by atoms with Gasteiger partial charge in [-0.1, -0.05) is 0 Å². The first kappa shape index (κ1) is 20.0. The molecule has 0 saturated carbocycles. The molecule has 29 heavy (non-hydrogen) atoms. The molecule has 158 valence electrons. The van der Waals surface area contributed by atoms with Crippen LogP contribution in [0.3, 0.4) is 0 Å². The van der Waals surface area contributed by atoms with E-state index in [-0.39, 0.29) is 24.1 Å². The zero-order chi connectivity index (χ0) is 20.1. The van der Waals surface area contributed by atoms with Crippen LogP contribution in [0.25, 0.3) is 0 Å². The van der Waals surface area contributed by atoms with E-state index in [9.17, 15) is 9.59 Å². The Bertz CT molecular complexity index is 681. The summed E-state index contributed by atoms with van der Waals surface area (Å²) in [6.45, 7) is 4.53. The molecular formula is C21H30N4O4. The van der Waals surface area contributed by atoms with Crippen molar-refractivity contribution in [1.29, 1.82) is 0 Å². The van der Waals surface area contributed by atoms with Gasteiger partial charge in [-0.2, -0.15) is 0 Å². The van der Waals surface area contributed by atoms with Crippen molar-refractivity contribution in [3.05, 3.63) is 24.3 Å². The van der Waals surface area contributed by atoms with Crippen LogP contribution < -0.4 is 15.5 Å². The fraction of sp³-hybridized carbons (Fsp3) is 0.619. The molecule has 8 nitrogen and oxygen atoms in total. The number of urea groups is 1. The second-order valence-electron chi connectivity index (χ2n) is 7.92. The Morgan fingerprint density at radius 3 is 2.31 bits per heavy atom. The lowest BCUT2D eigenvalue weighted by Gasteiger charge is -2.29. The molecule has 2 atom stereocenters. The molecule has 4 rings (SSSR count). The Morgan fingerprint density at radius 1 is 1.10 bits per heavy atom. The smallest absolute Gasteiger partial charge is 0.322 e. The highest BCUT2D eigenvalue weighted by atomic mass is 16.5. The molecule has 0 spiro atoms. The number of rotatable bonds is 6. The maximum atomic E-state index is 13.0. The topological polar surface area (TPSA) is 83.1 Å². The molecule has 2 N–H and O–H groups in total. The van der Waals surface area contributed by atoms with Gasteiger partial charge in [0.25, 0.3) is 0 Å². The summed E-state index contributed by atoms with van der Waals surface area (Å²) >= 11 is 0. The van der Waals surface area contributed by atoms with Gasteiger partial charge in [0, 0.05) is 50.8 Å². The number of nitrogens with zero attached hydrogens (tertiary/aromatic N) is 2. The number of nitrogens with one attached hydrogen (secondary N) is 2. The van der Waals surface area contributed by atoms with E-state index in [1.165, 1.54) is 0 Å². The van der Waals surface area contributed by atoms with Crippen molar-refractivity contribution >= 4 is 23.3 Å². The molecule has 3 heterocycles. The number of hydrogen-bond acceptors (Lipinski definition) is 5. The van der Waals surface area contributed by atoms with Gasteiger partial charge in [-0.15, -0.1) is 0 Å². The Labute approximate surface area is 171 Å². The molecule has 0 unspecified atom stereocenters. The zero-order valence-corrected chi connectivity index (χ0v) is 16.8. The van der Waals surface area contributed by atoms with Gasteiger partial charge in [0.05, 0.1) is 18.8 Å². The minimum Gasteiger partial charge on any atom is -0.376 e. The number of ether oxygens (including phenoxy) is 2. The highest BCUT2D eigenvalue weighted by Crippen LogP contribution is 2.21. The largest absolute Gasteiger partial charge is 0.376 e. The third kappa shape index (κ3) is 5.39. The third-order valence-electron chi connectivity index (χ3n) is 5.71. The van der Waals surface area contributed by atoms with Gasteiger partial charge in [0.15, 0.2) is 0 Å². The number of amides is 3. The standard InChI is InChI=1S/C21H30N4O4/c26-20-15-24(10-9-22-20)17-7-5-16(6-8-17)23-21(27)25(13-18-3-1-11-28-18)14-19-4-2-12-29-19/h5-8,18-19H,1-4,9-15H2,(H,22,26)(H,23,27)/t18-,19-/m0/s1. The van der Waals surface area contributed by atoms with E-state index in [2.05, 4.69) is 10.6 Å². The van der Waals surface area contributed by atoms with Crippen LogP contribution in [0.15, 0.2) is 24.3 Å². The summed E-state index contributed by atoms with van der Waals surface area (Å²) in [6.07, 6.45) is 4.30. The Balaban J connectivity index is 1.37. The lowest BCUT2D eigenvalue weighted by atomic mass is 10.2. The number of hydrogen-bond donors (Lipinski definition) is 2. The molecule has 3 amide bonds. The first-order chi connectivity index (χ1) is 14.2. The second-order valence-corrected chi connectivity index (χ2v) is 7.92. The third-order valence-corrected chi connectivity index (χ3v) is 5.71. The first-order valence-corrected chi connectivity index (χ1v) is 10.6. The molecule has 8 heteroatoms. The number of piperazine rings is 1. The molecule has 0 radical (unpaired) electrons. The van der Waals surface area contributed by atoms with E-state index in [1.54, 1.807) is 0 Å². The van der Waals surface area contributed by atoms with Gasteiger partial charge in [-0.3, -0.25) is 4.79 Å². The summed E-state index contributed by atoms with van der Waals surface area (Å²) in [5.74, 6) is 0.0348. The van der Waals surface area contributed by atoms with E-state index in [0.29, 0.717) is 26.2 Å². The van der Waals surface area contributed by atoms with Crippen LogP contribution in [0.2, 0.25) is 0 Å². The van der Waals surface area contributed by atoms with Gasteiger partial charge in [0.2, 0.25) is 5.91 Å². The van der Waals surface area contributed by atoms with E-state index in [1.807, 2.05) is 34.1 Å². The van der Waals surface area contributed by atoms with Crippen molar-refractivity contribution in [1.82, 2.24) is 10.2 Å². The lowest BCUT2D eigenvalue weighted by molar-refractivity contribution is -0.120. The fourth-order valence-electron chi connectivity index (χ4n) is 4.13. The number of anilines is 2. The van der Waals surface area contributed by atoms with E-state index < -0.39 is 0 Å². The van der Waals surface area contributed by atoms with Crippen LogP contribution >= 0.6 is 0 Å². The second kappa shape index (κ2) is 9.45. The molecule has 0 aliphatic carbocycles. The summed E-state index contributed by atoms with van der Waals surface area (Å²) in [4.78, 5) is 28.4. The SMILES string of the molecule is O=C1CN(c2ccc(NC(=O)N(C[C@@H]3CCCO3)C[C@@H]3CCCO3)cc2)CCN1. The molecule has 1 aromatic carbocycles. The predicted octanol–water partition coefficient (Wildman–Crippen LogP) is 1.81. The van der Waals surface area contributed by atoms with Crippen LogP contribution in [-0.4, -0.2) is 75.0 Å². The van der Waals surface area contributed by atoms with E-state index in [0.717, 1.165) is 56.8 Å². The highest BCUT2D eigenvalue weighted by molar-refractivity contribution is 5.89. The highest BCUT2D eigenvalue weighted by Gasteiger charge is 2.27. The Morgan fingerprint density at radius 2 is 1.76 bits per heavy atom. The van der Waals surface area contributed by atoms with Gasteiger partial charge >= 0.3 is 6.03 Å². The minimum absolute atomic E-state index is 0.0348. The van der Waals surface area contributed by atoms with E-state index >= 15 is 0 Å². The van der Waals surface area contributed by atoms with Gasteiger partial charge in [-0.25, -0.2) is 4.79 Å². The van der Waals surface area contributed by atoms with Crippen LogP contribution in [-0.2, 0) is 14.3 Å². The predicted molar refractivity (Wildman–Crippen MR) is 110 cm³/mol. The molecule has 3 aliphatic heterocycles. The van der Waals surface area contributed by atoms with Crippen LogP contribution in [0.4, 0.5) is 16.2 Å². The fourth-order valence-corrected chi connectivity index (χ4v) is 4.13. The van der Waals surface area contributed by atoms with Crippen molar-refractivity contribution in [3.63, 3.8) is 0 Å². The molecule has 3 aliphatic rings. The number of carbonyl (C=O) groups is 2. The van der Waals surface area contributed by atoms with Crippen molar-refractivity contribution in [2.75, 3.05) is 56.2 Å². The van der Waals surface area contributed by atoms with Crippen LogP contribution in [0, 0.1) is 0 Å². The Kier molecular flexibility index (Phi) is 6.51. The van der Waals surface area contributed by atoms with Crippen molar-refractivity contribution in [3.8, 4) is 0 Å². The lowest BCUT2D eigenvalue weighted by Crippen LogP contribution is -2.47. The average Bonchev–Trinajstić information content (AvgIpc) is 3.42. The van der Waals surface area contributed by atoms with E-state index in [4.69, 9.17) is 9.47 Å². The first-order valence-electron chi connectivity index (χ1n) is 10.6.